The van der Waals surface area contributed by atoms with Crippen molar-refractivity contribution in [2.75, 3.05) is 25.0 Å². The number of carbonyl (C=O) groups excluding carboxylic acids is 1. The molecule has 0 aliphatic carbocycles. The summed E-state index contributed by atoms with van der Waals surface area (Å²) in [5.74, 6) is 0.235. The molecule has 1 fully saturated rings. The van der Waals surface area contributed by atoms with Gasteiger partial charge in [0.15, 0.2) is 0 Å². The third-order valence-corrected chi connectivity index (χ3v) is 5.55. The lowest BCUT2D eigenvalue weighted by Crippen LogP contribution is -2.32. The van der Waals surface area contributed by atoms with E-state index in [9.17, 15) is 4.79 Å². The first kappa shape index (κ1) is 17.1. The number of anilines is 1. The SMILES string of the molecule is CCC1(CC)CCN(C(=O)c2cccc3c2CCCN3)C1.Cl. The number of nitrogens with zero attached hydrogens (tertiary/aromatic N) is 1. The summed E-state index contributed by atoms with van der Waals surface area (Å²) in [5.41, 5.74) is 3.65. The molecular formula is C18H27ClN2O. The molecule has 1 saturated heterocycles. The van der Waals surface area contributed by atoms with Gasteiger partial charge in [-0.1, -0.05) is 19.9 Å². The second kappa shape index (κ2) is 6.91. The molecule has 3 rings (SSSR count). The monoisotopic (exact) mass is 322 g/mol. The summed E-state index contributed by atoms with van der Waals surface area (Å²) in [7, 11) is 0. The lowest BCUT2D eigenvalue weighted by molar-refractivity contribution is 0.0768. The van der Waals surface area contributed by atoms with Gasteiger partial charge in [-0.2, -0.15) is 0 Å². The van der Waals surface area contributed by atoms with E-state index >= 15 is 0 Å². The molecule has 122 valence electrons. The first-order valence-electron chi connectivity index (χ1n) is 8.34. The molecule has 2 aliphatic heterocycles. The van der Waals surface area contributed by atoms with Gasteiger partial charge >= 0.3 is 0 Å². The van der Waals surface area contributed by atoms with Gasteiger partial charge in [0.1, 0.15) is 0 Å². The summed E-state index contributed by atoms with van der Waals surface area (Å²) in [5, 5.41) is 3.42. The van der Waals surface area contributed by atoms with Crippen LogP contribution in [0.2, 0.25) is 0 Å². The molecule has 2 heterocycles. The first-order chi connectivity index (χ1) is 10.2. The van der Waals surface area contributed by atoms with Crippen molar-refractivity contribution in [3.63, 3.8) is 0 Å². The molecule has 0 radical (unpaired) electrons. The zero-order valence-electron chi connectivity index (χ0n) is 13.7. The van der Waals surface area contributed by atoms with Crippen LogP contribution in [0.15, 0.2) is 18.2 Å². The predicted molar refractivity (Wildman–Crippen MR) is 94.0 cm³/mol. The van der Waals surface area contributed by atoms with Crippen molar-refractivity contribution in [1.29, 1.82) is 0 Å². The molecule has 2 aliphatic rings. The van der Waals surface area contributed by atoms with Crippen LogP contribution >= 0.6 is 12.4 Å². The number of nitrogens with one attached hydrogen (secondary N) is 1. The standard InChI is InChI=1S/C18H26N2O.ClH/c1-3-18(4-2)10-12-20(13-18)17(21)15-7-5-9-16-14(15)8-6-11-19-16;/h5,7,9,19H,3-4,6,8,10-13H2,1-2H3;1H. The molecule has 1 aromatic carbocycles. The van der Waals surface area contributed by atoms with Gasteiger partial charge in [0.2, 0.25) is 0 Å². The Kier molecular flexibility index (Phi) is 5.38. The van der Waals surface area contributed by atoms with Crippen LogP contribution in [0.5, 0.6) is 0 Å². The minimum absolute atomic E-state index is 0. The Labute approximate surface area is 139 Å². The Balaban J connectivity index is 0.00000176. The van der Waals surface area contributed by atoms with Gasteiger partial charge in [-0.15, -0.1) is 12.4 Å². The summed E-state index contributed by atoms with van der Waals surface area (Å²) in [6.45, 7) is 7.37. The third kappa shape index (κ3) is 2.96. The molecule has 3 nitrogen and oxygen atoms in total. The number of benzene rings is 1. The Hall–Kier alpha value is -1.22. The summed E-state index contributed by atoms with van der Waals surface area (Å²) in [6.07, 6.45) is 5.62. The summed E-state index contributed by atoms with van der Waals surface area (Å²) >= 11 is 0. The van der Waals surface area contributed by atoms with Crippen LogP contribution in [-0.4, -0.2) is 30.4 Å². The van der Waals surface area contributed by atoms with Gasteiger partial charge in [0.25, 0.3) is 5.91 Å². The Morgan fingerprint density at radius 2 is 2.09 bits per heavy atom. The maximum absolute atomic E-state index is 12.9. The highest BCUT2D eigenvalue weighted by Gasteiger charge is 2.37. The quantitative estimate of drug-likeness (QED) is 0.908. The number of carbonyl (C=O) groups is 1. The summed E-state index contributed by atoms with van der Waals surface area (Å²) in [4.78, 5) is 15.0. The van der Waals surface area contributed by atoms with Crippen LogP contribution in [0.4, 0.5) is 5.69 Å². The highest BCUT2D eigenvalue weighted by atomic mass is 35.5. The minimum atomic E-state index is 0. The van der Waals surface area contributed by atoms with Crippen LogP contribution in [0.1, 0.15) is 55.5 Å². The van der Waals surface area contributed by atoms with Crippen molar-refractivity contribution >= 4 is 24.0 Å². The molecule has 1 amide bonds. The average Bonchev–Trinajstić information content (AvgIpc) is 2.99. The van der Waals surface area contributed by atoms with Gasteiger partial charge in [-0.25, -0.2) is 0 Å². The van der Waals surface area contributed by atoms with E-state index in [-0.39, 0.29) is 18.3 Å². The van der Waals surface area contributed by atoms with E-state index in [1.807, 2.05) is 12.1 Å². The fraction of sp³-hybridized carbons (Fsp3) is 0.611. The summed E-state index contributed by atoms with van der Waals surface area (Å²) in [6, 6.07) is 6.11. The largest absolute Gasteiger partial charge is 0.385 e. The lowest BCUT2D eigenvalue weighted by Gasteiger charge is -2.27. The van der Waals surface area contributed by atoms with Crippen LogP contribution in [0.25, 0.3) is 0 Å². The van der Waals surface area contributed by atoms with Gasteiger partial charge in [0.05, 0.1) is 0 Å². The fourth-order valence-corrected chi connectivity index (χ4v) is 3.82. The second-order valence-electron chi connectivity index (χ2n) is 6.55. The third-order valence-electron chi connectivity index (χ3n) is 5.55. The highest BCUT2D eigenvalue weighted by molar-refractivity contribution is 5.97. The van der Waals surface area contributed by atoms with Gasteiger partial charge in [0, 0.05) is 30.9 Å². The fourth-order valence-electron chi connectivity index (χ4n) is 3.82. The molecule has 22 heavy (non-hydrogen) atoms. The number of halogens is 1. The van der Waals surface area contributed by atoms with Crippen molar-refractivity contribution in [3.8, 4) is 0 Å². The number of amides is 1. The maximum atomic E-state index is 12.9. The number of likely N-dealkylation sites (tertiary alicyclic amines) is 1. The Bertz CT molecular complexity index is 540. The Morgan fingerprint density at radius 1 is 1.32 bits per heavy atom. The minimum Gasteiger partial charge on any atom is -0.385 e. The molecule has 0 bridgehead atoms. The lowest BCUT2D eigenvalue weighted by atomic mass is 9.82. The van der Waals surface area contributed by atoms with Crippen molar-refractivity contribution < 1.29 is 4.79 Å². The zero-order valence-corrected chi connectivity index (χ0v) is 14.5. The van der Waals surface area contributed by atoms with E-state index in [4.69, 9.17) is 0 Å². The van der Waals surface area contributed by atoms with E-state index in [0.717, 1.165) is 50.1 Å². The molecule has 1 aromatic rings. The van der Waals surface area contributed by atoms with E-state index < -0.39 is 0 Å². The Morgan fingerprint density at radius 3 is 2.77 bits per heavy atom. The number of hydrogen-bond acceptors (Lipinski definition) is 2. The van der Waals surface area contributed by atoms with Crippen LogP contribution < -0.4 is 5.32 Å². The van der Waals surface area contributed by atoms with Crippen molar-refractivity contribution in [1.82, 2.24) is 4.90 Å². The molecular weight excluding hydrogens is 296 g/mol. The van der Waals surface area contributed by atoms with Crippen molar-refractivity contribution in [2.24, 2.45) is 5.41 Å². The van der Waals surface area contributed by atoms with E-state index in [2.05, 4.69) is 30.1 Å². The van der Waals surface area contributed by atoms with Gasteiger partial charge < -0.3 is 10.2 Å². The van der Waals surface area contributed by atoms with E-state index in [1.165, 1.54) is 18.4 Å². The van der Waals surface area contributed by atoms with Crippen molar-refractivity contribution in [3.05, 3.63) is 29.3 Å². The number of hydrogen-bond donors (Lipinski definition) is 1. The highest BCUT2D eigenvalue weighted by Crippen LogP contribution is 2.38. The maximum Gasteiger partial charge on any atom is 0.254 e. The number of rotatable bonds is 3. The summed E-state index contributed by atoms with van der Waals surface area (Å²) < 4.78 is 0. The number of fused-ring (bicyclic) bond motifs is 1. The molecule has 0 spiro atoms. The molecule has 0 saturated carbocycles. The normalized spacial score (nSPS) is 19.1. The molecule has 4 heteroatoms. The molecule has 0 atom stereocenters. The molecule has 0 unspecified atom stereocenters. The molecule has 0 aromatic heterocycles. The topological polar surface area (TPSA) is 32.3 Å². The van der Waals surface area contributed by atoms with Crippen LogP contribution in [0, 0.1) is 5.41 Å². The van der Waals surface area contributed by atoms with E-state index in [1.54, 1.807) is 0 Å². The first-order valence-corrected chi connectivity index (χ1v) is 8.34. The van der Waals surface area contributed by atoms with Crippen molar-refractivity contribution in [2.45, 2.75) is 46.0 Å². The van der Waals surface area contributed by atoms with Crippen LogP contribution in [-0.2, 0) is 6.42 Å². The van der Waals surface area contributed by atoms with E-state index in [0.29, 0.717) is 5.41 Å². The molecule has 1 N–H and O–H groups in total. The predicted octanol–water partition coefficient (Wildman–Crippen LogP) is 4.12. The second-order valence-corrected chi connectivity index (χ2v) is 6.55. The smallest absolute Gasteiger partial charge is 0.254 e. The average molecular weight is 323 g/mol. The zero-order chi connectivity index (χ0) is 14.9. The van der Waals surface area contributed by atoms with Crippen LogP contribution in [0.3, 0.4) is 0 Å². The van der Waals surface area contributed by atoms with Gasteiger partial charge in [-0.3, -0.25) is 4.79 Å². The van der Waals surface area contributed by atoms with Gasteiger partial charge in [-0.05, 0) is 55.2 Å².